The quantitative estimate of drug-likeness (QED) is 0.805. The zero-order valence-electron chi connectivity index (χ0n) is 10.5. The minimum atomic E-state index is 0.0196. The molecule has 2 atom stereocenters. The minimum absolute atomic E-state index is 0.0196. The molecule has 1 amide bonds. The maximum Gasteiger partial charge on any atom is 0.222 e. The summed E-state index contributed by atoms with van der Waals surface area (Å²) >= 11 is 0. The van der Waals surface area contributed by atoms with E-state index in [-0.39, 0.29) is 18.0 Å². The van der Waals surface area contributed by atoms with Gasteiger partial charge in [0.25, 0.3) is 0 Å². The summed E-state index contributed by atoms with van der Waals surface area (Å²) in [5.41, 5.74) is 8.62. The fourth-order valence-electron chi connectivity index (χ4n) is 2.62. The summed E-state index contributed by atoms with van der Waals surface area (Å²) in [5.74, 6) is 0.200. The minimum Gasteiger partial charge on any atom is -0.337 e. The smallest absolute Gasteiger partial charge is 0.222 e. The van der Waals surface area contributed by atoms with Crippen LogP contribution in [-0.2, 0) is 4.79 Å². The van der Waals surface area contributed by atoms with Crippen LogP contribution in [0.3, 0.4) is 0 Å². The van der Waals surface area contributed by atoms with Crippen LogP contribution in [-0.4, -0.2) is 23.9 Å². The third-order valence-corrected chi connectivity index (χ3v) is 3.65. The summed E-state index contributed by atoms with van der Waals surface area (Å²) in [6, 6.07) is 8.24. The van der Waals surface area contributed by atoms with Gasteiger partial charge in [-0.3, -0.25) is 4.79 Å². The lowest BCUT2D eigenvalue weighted by molar-refractivity contribution is -0.131. The molecule has 0 aliphatic carbocycles. The Morgan fingerprint density at radius 1 is 1.35 bits per heavy atom. The van der Waals surface area contributed by atoms with Gasteiger partial charge in [-0.15, -0.1) is 0 Å². The van der Waals surface area contributed by atoms with Gasteiger partial charge in [0.05, 0.1) is 6.04 Å². The van der Waals surface area contributed by atoms with Crippen LogP contribution in [0.2, 0.25) is 0 Å². The van der Waals surface area contributed by atoms with Crippen LogP contribution >= 0.6 is 0 Å². The first-order chi connectivity index (χ1) is 8.11. The number of likely N-dealkylation sites (tertiary alicyclic amines) is 1. The SMILES string of the molecule is Cc1ccccc1C1C(N)CCCC(=O)N1C. The second-order valence-electron chi connectivity index (χ2n) is 4.86. The molecule has 1 fully saturated rings. The van der Waals surface area contributed by atoms with E-state index in [4.69, 9.17) is 5.73 Å². The van der Waals surface area contributed by atoms with Gasteiger partial charge in [-0.25, -0.2) is 0 Å². The highest BCUT2D eigenvalue weighted by Gasteiger charge is 2.30. The zero-order valence-corrected chi connectivity index (χ0v) is 10.5. The van der Waals surface area contributed by atoms with Crippen LogP contribution in [0.25, 0.3) is 0 Å². The second-order valence-corrected chi connectivity index (χ2v) is 4.86. The predicted octanol–water partition coefficient (Wildman–Crippen LogP) is 2.01. The summed E-state index contributed by atoms with van der Waals surface area (Å²) < 4.78 is 0. The van der Waals surface area contributed by atoms with E-state index in [1.54, 1.807) is 0 Å². The van der Waals surface area contributed by atoms with E-state index in [0.717, 1.165) is 12.8 Å². The third-order valence-electron chi connectivity index (χ3n) is 3.65. The molecule has 17 heavy (non-hydrogen) atoms. The average Bonchev–Trinajstić information content (AvgIpc) is 2.42. The molecule has 0 spiro atoms. The Bertz CT molecular complexity index is 416. The van der Waals surface area contributed by atoms with Crippen molar-refractivity contribution in [2.75, 3.05) is 7.05 Å². The first-order valence-corrected chi connectivity index (χ1v) is 6.18. The molecule has 1 aliphatic rings. The van der Waals surface area contributed by atoms with E-state index < -0.39 is 0 Å². The highest BCUT2D eigenvalue weighted by molar-refractivity contribution is 5.77. The summed E-state index contributed by atoms with van der Waals surface area (Å²) in [4.78, 5) is 13.7. The van der Waals surface area contributed by atoms with Crippen molar-refractivity contribution in [3.63, 3.8) is 0 Å². The van der Waals surface area contributed by atoms with Crippen molar-refractivity contribution in [1.82, 2.24) is 4.90 Å². The van der Waals surface area contributed by atoms with Crippen LogP contribution in [0.1, 0.15) is 36.4 Å². The molecule has 0 radical (unpaired) electrons. The van der Waals surface area contributed by atoms with E-state index in [2.05, 4.69) is 19.1 Å². The number of aryl methyl sites for hydroxylation is 1. The fraction of sp³-hybridized carbons (Fsp3) is 0.500. The third kappa shape index (κ3) is 2.34. The van der Waals surface area contributed by atoms with Crippen molar-refractivity contribution in [2.45, 2.75) is 38.3 Å². The van der Waals surface area contributed by atoms with Gasteiger partial charge in [0, 0.05) is 19.5 Å². The van der Waals surface area contributed by atoms with Crippen LogP contribution in [0, 0.1) is 6.92 Å². The Morgan fingerprint density at radius 2 is 2.06 bits per heavy atom. The maximum atomic E-state index is 11.9. The number of nitrogens with zero attached hydrogens (tertiary/aromatic N) is 1. The molecule has 1 aliphatic heterocycles. The molecule has 1 aromatic rings. The Labute approximate surface area is 103 Å². The molecule has 1 heterocycles. The molecule has 1 aromatic carbocycles. The van der Waals surface area contributed by atoms with Crippen LogP contribution in [0.4, 0.5) is 0 Å². The first kappa shape index (κ1) is 12.1. The van der Waals surface area contributed by atoms with Gasteiger partial charge in [-0.05, 0) is 30.9 Å². The fourth-order valence-corrected chi connectivity index (χ4v) is 2.62. The number of amides is 1. The molecule has 3 heteroatoms. The van der Waals surface area contributed by atoms with E-state index in [9.17, 15) is 4.79 Å². The molecule has 2 N–H and O–H groups in total. The number of carbonyl (C=O) groups is 1. The Morgan fingerprint density at radius 3 is 2.76 bits per heavy atom. The summed E-state index contributed by atoms with van der Waals surface area (Å²) in [6.07, 6.45) is 2.42. The number of rotatable bonds is 1. The van der Waals surface area contributed by atoms with Gasteiger partial charge in [0.15, 0.2) is 0 Å². The second kappa shape index (κ2) is 4.88. The van der Waals surface area contributed by atoms with Gasteiger partial charge >= 0.3 is 0 Å². The Kier molecular flexibility index (Phi) is 3.48. The molecule has 1 saturated heterocycles. The maximum absolute atomic E-state index is 11.9. The van der Waals surface area contributed by atoms with Crippen LogP contribution in [0.15, 0.2) is 24.3 Å². The predicted molar refractivity (Wildman–Crippen MR) is 68.5 cm³/mol. The molecule has 2 unspecified atom stereocenters. The van der Waals surface area contributed by atoms with Gasteiger partial charge in [0.1, 0.15) is 0 Å². The van der Waals surface area contributed by atoms with Gasteiger partial charge in [-0.1, -0.05) is 24.3 Å². The van der Waals surface area contributed by atoms with Crippen molar-refractivity contribution >= 4 is 5.91 Å². The molecule has 0 saturated carbocycles. The van der Waals surface area contributed by atoms with Gasteiger partial charge < -0.3 is 10.6 Å². The number of carbonyl (C=O) groups excluding carboxylic acids is 1. The molecular formula is C14H20N2O. The lowest BCUT2D eigenvalue weighted by Gasteiger charge is -2.31. The molecule has 2 rings (SSSR count). The normalized spacial score (nSPS) is 25.8. The average molecular weight is 232 g/mol. The standard InChI is InChI=1S/C14H20N2O/c1-10-6-3-4-7-11(10)14-12(15)8-5-9-13(17)16(14)2/h3-4,6-7,12,14H,5,8-9,15H2,1-2H3. The van der Waals surface area contributed by atoms with Gasteiger partial charge in [0.2, 0.25) is 5.91 Å². The molecule has 92 valence electrons. The van der Waals surface area contributed by atoms with E-state index >= 15 is 0 Å². The Hall–Kier alpha value is -1.35. The van der Waals surface area contributed by atoms with Crippen LogP contribution in [0.5, 0.6) is 0 Å². The Balaban J connectivity index is 2.39. The molecular weight excluding hydrogens is 212 g/mol. The molecule has 3 nitrogen and oxygen atoms in total. The van der Waals surface area contributed by atoms with Gasteiger partial charge in [-0.2, -0.15) is 0 Å². The van der Waals surface area contributed by atoms with Crippen LogP contribution < -0.4 is 5.73 Å². The van der Waals surface area contributed by atoms with E-state index in [1.165, 1.54) is 11.1 Å². The summed E-state index contributed by atoms with van der Waals surface area (Å²) in [6.45, 7) is 2.07. The number of benzene rings is 1. The highest BCUT2D eigenvalue weighted by Crippen LogP contribution is 2.30. The zero-order chi connectivity index (χ0) is 12.4. The number of hydrogen-bond donors (Lipinski definition) is 1. The largest absolute Gasteiger partial charge is 0.337 e. The number of nitrogens with two attached hydrogens (primary N) is 1. The lowest BCUT2D eigenvalue weighted by Crippen LogP contribution is -2.40. The monoisotopic (exact) mass is 232 g/mol. The number of hydrogen-bond acceptors (Lipinski definition) is 2. The topological polar surface area (TPSA) is 46.3 Å². The summed E-state index contributed by atoms with van der Waals surface area (Å²) in [7, 11) is 1.87. The van der Waals surface area contributed by atoms with Crippen molar-refractivity contribution in [3.05, 3.63) is 35.4 Å². The first-order valence-electron chi connectivity index (χ1n) is 6.18. The van der Waals surface area contributed by atoms with Crippen molar-refractivity contribution < 1.29 is 4.79 Å². The highest BCUT2D eigenvalue weighted by atomic mass is 16.2. The van der Waals surface area contributed by atoms with E-state index in [0.29, 0.717) is 6.42 Å². The molecule has 0 bridgehead atoms. The van der Waals surface area contributed by atoms with Crippen molar-refractivity contribution in [2.24, 2.45) is 5.73 Å². The lowest BCUT2D eigenvalue weighted by atomic mass is 9.93. The van der Waals surface area contributed by atoms with Crippen molar-refractivity contribution in [3.8, 4) is 0 Å². The number of likely N-dealkylation sites (N-methyl/N-ethyl adjacent to an activating group) is 1. The summed E-state index contributed by atoms with van der Waals surface area (Å²) in [5, 5.41) is 0. The van der Waals surface area contributed by atoms with E-state index in [1.807, 2.05) is 24.1 Å². The molecule has 0 aromatic heterocycles. The van der Waals surface area contributed by atoms with Crippen molar-refractivity contribution in [1.29, 1.82) is 0 Å².